The normalized spacial score (nSPS) is 9.50. The predicted molar refractivity (Wildman–Crippen MR) is 64.4 cm³/mol. The van der Waals surface area contributed by atoms with Crippen molar-refractivity contribution in [1.82, 2.24) is 0 Å². The zero-order chi connectivity index (χ0) is 9.38. The van der Waals surface area contributed by atoms with Gasteiger partial charge in [-0.2, -0.15) is 4.40 Å². The Balaban J connectivity index is 0.000000640. The molecule has 0 aliphatic rings. The van der Waals surface area contributed by atoms with Gasteiger partial charge in [0.15, 0.2) is 12.4 Å². The zero-order valence-electron chi connectivity index (χ0n) is 8.26. The molecular weight excluding hydrogens is 262 g/mol. The smallest absolute Gasteiger partial charge is 0.267 e. The number of thiazole rings is 1. The maximum Gasteiger partial charge on any atom is 0.267 e. The molecule has 0 aliphatic heterocycles. The van der Waals surface area contributed by atoms with E-state index in [4.69, 9.17) is 0 Å². The van der Waals surface area contributed by atoms with Gasteiger partial charge in [0.1, 0.15) is 4.88 Å². The van der Waals surface area contributed by atoms with E-state index in [1.54, 1.807) is 11.3 Å². The van der Waals surface area contributed by atoms with E-state index in [2.05, 4.69) is 52.5 Å². The summed E-state index contributed by atoms with van der Waals surface area (Å²) in [7, 11) is 0. The summed E-state index contributed by atoms with van der Waals surface area (Å²) in [6.07, 6.45) is 4.27. The number of aromatic nitrogens is 1. The molecule has 0 fully saturated rings. The molecule has 0 bridgehead atoms. The molecule has 0 saturated heterocycles. The van der Waals surface area contributed by atoms with Crippen molar-refractivity contribution in [3.63, 3.8) is 0 Å². The van der Waals surface area contributed by atoms with Crippen LogP contribution < -0.4 is 16.8 Å². The summed E-state index contributed by atoms with van der Waals surface area (Å²) in [6, 6.07) is 10.5. The van der Waals surface area contributed by atoms with E-state index in [1.807, 2.05) is 11.3 Å². The highest BCUT2D eigenvalue weighted by Crippen LogP contribution is 2.29. The first-order valence-electron chi connectivity index (χ1n) is 4.37. The van der Waals surface area contributed by atoms with E-state index in [0.717, 1.165) is 0 Å². The van der Waals surface area contributed by atoms with Crippen LogP contribution in [-0.4, -0.2) is 5.48 Å². The van der Waals surface area contributed by atoms with Crippen LogP contribution in [0, 0.1) is 0 Å². The summed E-state index contributed by atoms with van der Waals surface area (Å²) in [6.45, 7) is 0. The van der Waals surface area contributed by atoms with Gasteiger partial charge in [-0.05, 0) is 17.5 Å². The molecule has 0 amide bonds. The van der Waals surface area contributed by atoms with Gasteiger partial charge in [-0.3, -0.25) is 0 Å². The van der Waals surface area contributed by atoms with Crippen LogP contribution in [0.3, 0.4) is 0 Å². The van der Waals surface area contributed by atoms with Crippen molar-refractivity contribution in [1.29, 1.82) is 0 Å². The Labute approximate surface area is 108 Å². The van der Waals surface area contributed by atoms with Crippen molar-refractivity contribution in [3.05, 3.63) is 48.1 Å². The molecule has 2 nitrogen and oxygen atoms in total. The van der Waals surface area contributed by atoms with Crippen molar-refractivity contribution >= 4 is 27.5 Å². The first-order valence-corrected chi connectivity index (χ1v) is 6.07. The summed E-state index contributed by atoms with van der Waals surface area (Å²) in [4.78, 5) is 3.97. The van der Waals surface area contributed by atoms with Crippen LogP contribution >= 0.6 is 22.7 Å². The molecule has 0 saturated carbocycles. The van der Waals surface area contributed by atoms with E-state index in [1.165, 1.54) is 14.6 Å². The maximum absolute atomic E-state index is 2.19. The van der Waals surface area contributed by atoms with Crippen LogP contribution in [0.4, 0.5) is 0 Å². The molecule has 3 aromatic heterocycles. The van der Waals surface area contributed by atoms with Crippen molar-refractivity contribution in [3.8, 4) is 9.75 Å². The summed E-state index contributed by atoms with van der Waals surface area (Å²) in [5.74, 6) is 0. The lowest BCUT2D eigenvalue weighted by Crippen LogP contribution is -3.00. The Morgan fingerprint density at radius 2 is 1.88 bits per heavy atom. The molecule has 0 atom stereocenters. The lowest BCUT2D eigenvalue weighted by Gasteiger charge is -1.80. The highest BCUT2D eigenvalue weighted by atomic mass is 35.5. The van der Waals surface area contributed by atoms with Crippen LogP contribution in [0.1, 0.15) is 0 Å². The second-order valence-electron chi connectivity index (χ2n) is 3.02. The average Bonchev–Trinajstić information content (AvgIpc) is 2.86. The fraction of sp³-hybridized carbons (Fsp3) is 0. The summed E-state index contributed by atoms with van der Waals surface area (Å²) >= 11 is 3.62. The van der Waals surface area contributed by atoms with E-state index in [-0.39, 0.29) is 17.9 Å². The molecule has 0 aromatic carbocycles. The maximum atomic E-state index is 2.19. The van der Waals surface area contributed by atoms with Crippen molar-refractivity contribution in [2.45, 2.75) is 0 Å². The van der Waals surface area contributed by atoms with Gasteiger partial charge in [0.25, 0.3) is 4.83 Å². The average molecular weight is 272 g/mol. The lowest BCUT2D eigenvalue weighted by atomic mass is 10.4. The highest BCUT2D eigenvalue weighted by molar-refractivity contribution is 7.24. The molecule has 2 N–H and O–H groups in total. The van der Waals surface area contributed by atoms with E-state index < -0.39 is 0 Å². The number of thiophene rings is 1. The third-order valence-corrected chi connectivity index (χ3v) is 4.22. The monoisotopic (exact) mass is 271 g/mol. The third-order valence-electron chi connectivity index (χ3n) is 2.09. The van der Waals surface area contributed by atoms with Crippen LogP contribution in [0.5, 0.6) is 0 Å². The quantitative estimate of drug-likeness (QED) is 0.530. The highest BCUT2D eigenvalue weighted by Gasteiger charge is 2.10. The van der Waals surface area contributed by atoms with E-state index in [9.17, 15) is 0 Å². The molecule has 5 heteroatoms. The second kappa shape index (κ2) is 5.41. The fourth-order valence-corrected chi connectivity index (χ4v) is 3.26. The number of fused-ring (bicyclic) bond motifs is 1. The largest absolute Gasteiger partial charge is 1.00 e. The van der Waals surface area contributed by atoms with E-state index >= 15 is 0 Å². The minimum Gasteiger partial charge on any atom is -1.00 e. The molecule has 3 aromatic rings. The van der Waals surface area contributed by atoms with Gasteiger partial charge in [-0.25, -0.2) is 0 Å². The third kappa shape index (κ3) is 2.25. The Kier molecular flexibility index (Phi) is 4.44. The molecule has 0 unspecified atom stereocenters. The SMILES string of the molecule is O.[Cl-].c1csc(-c2c[n+]3ccccc3s2)c1. The standard InChI is InChI=1S/C11H8NS2.ClH.H2O/c1-2-6-12-8-10(14-11(12)5-1)9-4-3-7-13-9;;/h1-8H;1H;1H2/q+1;;/p-1. The van der Waals surface area contributed by atoms with Crippen LogP contribution in [0.25, 0.3) is 14.6 Å². The number of halogens is 1. The van der Waals surface area contributed by atoms with Crippen molar-refractivity contribution in [2.24, 2.45) is 0 Å². The zero-order valence-corrected chi connectivity index (χ0v) is 10.6. The first kappa shape index (κ1) is 13.1. The predicted octanol–water partition coefficient (Wildman–Crippen LogP) is -0.605. The summed E-state index contributed by atoms with van der Waals surface area (Å²) in [5.41, 5.74) is 0. The van der Waals surface area contributed by atoms with Gasteiger partial charge < -0.3 is 17.9 Å². The minimum atomic E-state index is 0. The summed E-state index contributed by atoms with van der Waals surface area (Å²) in [5, 5.41) is 2.12. The van der Waals surface area contributed by atoms with E-state index in [0.29, 0.717) is 0 Å². The number of rotatable bonds is 1. The molecule has 3 heterocycles. The van der Waals surface area contributed by atoms with Gasteiger partial charge >= 0.3 is 0 Å². The van der Waals surface area contributed by atoms with Gasteiger partial charge in [0, 0.05) is 12.1 Å². The molecule has 3 rings (SSSR count). The molecule has 16 heavy (non-hydrogen) atoms. The lowest BCUT2D eigenvalue weighted by molar-refractivity contribution is -0.506. The number of pyridine rings is 1. The Bertz CT molecular complexity index is 529. The summed E-state index contributed by atoms with van der Waals surface area (Å²) < 4.78 is 2.17. The molecule has 84 valence electrons. The number of nitrogens with zero attached hydrogens (tertiary/aromatic N) is 1. The number of hydrogen-bond acceptors (Lipinski definition) is 2. The Morgan fingerprint density at radius 3 is 2.56 bits per heavy atom. The van der Waals surface area contributed by atoms with Gasteiger partial charge in [0.2, 0.25) is 0 Å². The molecule has 0 spiro atoms. The Hall–Kier alpha value is -0.940. The number of hydrogen-bond donors (Lipinski definition) is 0. The molecule has 0 aliphatic carbocycles. The molecular formula is C11H10ClNOS2. The van der Waals surface area contributed by atoms with Crippen LogP contribution in [0.15, 0.2) is 48.1 Å². The van der Waals surface area contributed by atoms with Crippen molar-refractivity contribution < 1.29 is 22.3 Å². The first-order chi connectivity index (χ1) is 6.93. The minimum absolute atomic E-state index is 0. The molecule has 0 radical (unpaired) electrons. The van der Waals surface area contributed by atoms with Crippen molar-refractivity contribution in [2.75, 3.05) is 0 Å². The second-order valence-corrected chi connectivity index (χ2v) is 5.03. The Morgan fingerprint density at radius 1 is 1.00 bits per heavy atom. The van der Waals surface area contributed by atoms with Gasteiger partial charge in [-0.15, -0.1) is 11.3 Å². The van der Waals surface area contributed by atoms with Crippen LogP contribution in [-0.2, 0) is 0 Å². The van der Waals surface area contributed by atoms with Gasteiger partial charge in [0.05, 0.1) is 4.88 Å². The van der Waals surface area contributed by atoms with Gasteiger partial charge in [-0.1, -0.05) is 17.4 Å². The topological polar surface area (TPSA) is 35.6 Å². The fourth-order valence-electron chi connectivity index (χ4n) is 1.43. The van der Waals surface area contributed by atoms with Crippen LogP contribution in [0.2, 0.25) is 0 Å².